The van der Waals surface area contributed by atoms with Crippen molar-refractivity contribution in [2.24, 2.45) is 0 Å². The SMILES string of the molecule is O=C(CCc1ccccc1F)NC1CC(c2cc(=O)[nH]c(N3CCCC3)n2)C1. The van der Waals surface area contributed by atoms with E-state index in [4.69, 9.17) is 0 Å². The van der Waals surface area contributed by atoms with Crippen LogP contribution in [0, 0.1) is 5.82 Å². The Bertz CT molecular complexity index is 901. The zero-order chi connectivity index (χ0) is 19.5. The Hall–Kier alpha value is -2.70. The largest absolute Gasteiger partial charge is 0.353 e. The van der Waals surface area contributed by atoms with Crippen molar-refractivity contribution in [3.63, 3.8) is 0 Å². The molecule has 1 aromatic carbocycles. The number of aromatic nitrogens is 2. The van der Waals surface area contributed by atoms with E-state index >= 15 is 0 Å². The lowest BCUT2D eigenvalue weighted by Crippen LogP contribution is -2.44. The van der Waals surface area contributed by atoms with Crippen molar-refractivity contribution < 1.29 is 9.18 Å². The van der Waals surface area contributed by atoms with Gasteiger partial charge in [-0.05, 0) is 43.7 Å². The number of nitrogens with zero attached hydrogens (tertiary/aromatic N) is 2. The number of halogens is 1. The van der Waals surface area contributed by atoms with Gasteiger partial charge in [0.1, 0.15) is 5.82 Å². The Labute approximate surface area is 163 Å². The molecule has 0 unspecified atom stereocenters. The fourth-order valence-corrected chi connectivity index (χ4v) is 3.98. The number of aryl methyl sites for hydroxylation is 1. The molecule has 0 spiro atoms. The number of rotatable bonds is 6. The molecule has 2 N–H and O–H groups in total. The van der Waals surface area contributed by atoms with Crippen LogP contribution in [0.4, 0.5) is 10.3 Å². The van der Waals surface area contributed by atoms with E-state index in [2.05, 4.69) is 20.2 Å². The van der Waals surface area contributed by atoms with Crippen LogP contribution < -0.4 is 15.8 Å². The van der Waals surface area contributed by atoms with Crippen LogP contribution >= 0.6 is 0 Å². The monoisotopic (exact) mass is 384 g/mol. The van der Waals surface area contributed by atoms with Gasteiger partial charge in [-0.1, -0.05) is 18.2 Å². The van der Waals surface area contributed by atoms with Gasteiger partial charge in [-0.3, -0.25) is 14.6 Å². The number of hydrogen-bond donors (Lipinski definition) is 2. The predicted octanol–water partition coefficient (Wildman–Crippen LogP) is 2.50. The van der Waals surface area contributed by atoms with Crippen LogP contribution in [-0.4, -0.2) is 35.0 Å². The summed E-state index contributed by atoms with van der Waals surface area (Å²) in [5.74, 6) is 0.523. The van der Waals surface area contributed by atoms with E-state index in [0.717, 1.165) is 44.5 Å². The summed E-state index contributed by atoms with van der Waals surface area (Å²) in [6, 6.07) is 8.20. The minimum Gasteiger partial charge on any atom is -0.353 e. The first-order valence-electron chi connectivity index (χ1n) is 9.97. The van der Waals surface area contributed by atoms with Crippen LogP contribution in [0.5, 0.6) is 0 Å². The number of carbonyl (C=O) groups is 1. The quantitative estimate of drug-likeness (QED) is 0.802. The molecule has 4 rings (SSSR count). The van der Waals surface area contributed by atoms with Crippen LogP contribution in [0.15, 0.2) is 35.1 Å². The summed E-state index contributed by atoms with van der Waals surface area (Å²) in [4.78, 5) is 33.7. The van der Waals surface area contributed by atoms with Crippen molar-refractivity contribution in [1.29, 1.82) is 0 Å². The van der Waals surface area contributed by atoms with Gasteiger partial charge in [0.25, 0.3) is 5.56 Å². The van der Waals surface area contributed by atoms with Gasteiger partial charge in [-0.15, -0.1) is 0 Å². The van der Waals surface area contributed by atoms with E-state index in [0.29, 0.717) is 17.9 Å². The molecular formula is C21H25FN4O2. The maximum absolute atomic E-state index is 13.6. The molecule has 148 valence electrons. The van der Waals surface area contributed by atoms with E-state index in [1.807, 2.05) is 0 Å². The third-order valence-corrected chi connectivity index (χ3v) is 5.66. The second kappa shape index (κ2) is 8.12. The number of aromatic amines is 1. The summed E-state index contributed by atoms with van der Waals surface area (Å²) in [5, 5.41) is 3.00. The summed E-state index contributed by atoms with van der Waals surface area (Å²) < 4.78 is 13.6. The summed E-state index contributed by atoms with van der Waals surface area (Å²) in [5.41, 5.74) is 1.25. The molecule has 2 aromatic rings. The predicted molar refractivity (Wildman–Crippen MR) is 105 cm³/mol. The third kappa shape index (κ3) is 4.24. The number of hydrogen-bond acceptors (Lipinski definition) is 4. The molecule has 1 saturated heterocycles. The normalized spacial score (nSPS) is 21.4. The second-order valence-electron chi connectivity index (χ2n) is 7.71. The highest BCUT2D eigenvalue weighted by molar-refractivity contribution is 5.76. The highest BCUT2D eigenvalue weighted by Gasteiger charge is 2.33. The molecule has 0 bridgehead atoms. The van der Waals surface area contributed by atoms with Gasteiger partial charge in [0, 0.05) is 37.5 Å². The smallest absolute Gasteiger partial charge is 0.252 e. The molecule has 0 radical (unpaired) electrons. The van der Waals surface area contributed by atoms with Crippen LogP contribution in [0.3, 0.4) is 0 Å². The summed E-state index contributed by atoms with van der Waals surface area (Å²) in [6.07, 6.45) is 4.47. The zero-order valence-corrected chi connectivity index (χ0v) is 15.8. The zero-order valence-electron chi connectivity index (χ0n) is 15.8. The second-order valence-corrected chi connectivity index (χ2v) is 7.71. The molecule has 1 aliphatic heterocycles. The van der Waals surface area contributed by atoms with Crippen LogP contribution in [0.1, 0.15) is 49.3 Å². The van der Waals surface area contributed by atoms with Gasteiger partial charge in [0.2, 0.25) is 11.9 Å². The molecule has 1 aliphatic carbocycles. The fourth-order valence-electron chi connectivity index (χ4n) is 3.98. The Balaban J connectivity index is 1.28. The van der Waals surface area contributed by atoms with Crippen LogP contribution in [-0.2, 0) is 11.2 Å². The van der Waals surface area contributed by atoms with Crippen LogP contribution in [0.25, 0.3) is 0 Å². The first kappa shape index (κ1) is 18.7. The molecule has 6 nitrogen and oxygen atoms in total. The summed E-state index contributed by atoms with van der Waals surface area (Å²) >= 11 is 0. The molecule has 1 aromatic heterocycles. The molecule has 1 amide bonds. The molecular weight excluding hydrogens is 359 g/mol. The first-order chi connectivity index (χ1) is 13.6. The standard InChI is InChI=1S/C21H25FN4O2/c22-17-6-2-1-5-14(17)7-8-19(27)23-16-11-15(12-16)18-13-20(28)25-21(24-18)26-9-3-4-10-26/h1-2,5-6,13,15-16H,3-4,7-12H2,(H,23,27)(H,24,25,28). The Morgan fingerprint density at radius 2 is 2.00 bits per heavy atom. The first-order valence-corrected chi connectivity index (χ1v) is 9.97. The number of carbonyl (C=O) groups excluding carboxylic acids is 1. The number of anilines is 1. The third-order valence-electron chi connectivity index (χ3n) is 5.66. The molecule has 2 aliphatic rings. The number of amides is 1. The van der Waals surface area contributed by atoms with E-state index in [9.17, 15) is 14.0 Å². The Kier molecular flexibility index (Phi) is 5.41. The lowest BCUT2D eigenvalue weighted by atomic mass is 9.78. The molecule has 0 atom stereocenters. The van der Waals surface area contributed by atoms with E-state index in [1.54, 1.807) is 24.3 Å². The van der Waals surface area contributed by atoms with Crippen LogP contribution in [0.2, 0.25) is 0 Å². The highest BCUT2D eigenvalue weighted by Crippen LogP contribution is 2.36. The lowest BCUT2D eigenvalue weighted by molar-refractivity contribution is -0.122. The highest BCUT2D eigenvalue weighted by atomic mass is 19.1. The number of nitrogens with one attached hydrogen (secondary N) is 2. The van der Waals surface area contributed by atoms with Crippen molar-refractivity contribution in [3.05, 3.63) is 57.8 Å². The maximum atomic E-state index is 13.6. The van der Waals surface area contributed by atoms with Crippen molar-refractivity contribution >= 4 is 11.9 Å². The van der Waals surface area contributed by atoms with Gasteiger partial charge in [-0.2, -0.15) is 0 Å². The average molecular weight is 384 g/mol. The van der Waals surface area contributed by atoms with Crippen molar-refractivity contribution in [2.45, 2.75) is 50.5 Å². The summed E-state index contributed by atoms with van der Waals surface area (Å²) in [7, 11) is 0. The maximum Gasteiger partial charge on any atom is 0.252 e. The molecule has 2 fully saturated rings. The van der Waals surface area contributed by atoms with Crippen molar-refractivity contribution in [1.82, 2.24) is 15.3 Å². The Morgan fingerprint density at radius 3 is 2.75 bits per heavy atom. The van der Waals surface area contributed by atoms with E-state index in [-0.39, 0.29) is 35.7 Å². The van der Waals surface area contributed by atoms with Crippen molar-refractivity contribution in [3.8, 4) is 0 Å². The fraction of sp³-hybridized carbons (Fsp3) is 0.476. The molecule has 28 heavy (non-hydrogen) atoms. The van der Waals surface area contributed by atoms with Gasteiger partial charge < -0.3 is 10.2 Å². The Morgan fingerprint density at radius 1 is 1.25 bits per heavy atom. The van der Waals surface area contributed by atoms with E-state index < -0.39 is 0 Å². The van der Waals surface area contributed by atoms with Gasteiger partial charge in [0.15, 0.2) is 0 Å². The molecule has 7 heteroatoms. The lowest BCUT2D eigenvalue weighted by Gasteiger charge is -2.35. The van der Waals surface area contributed by atoms with E-state index in [1.165, 1.54) is 6.07 Å². The summed E-state index contributed by atoms with van der Waals surface area (Å²) in [6.45, 7) is 1.86. The minimum absolute atomic E-state index is 0.0664. The molecule has 1 saturated carbocycles. The van der Waals surface area contributed by atoms with Gasteiger partial charge in [-0.25, -0.2) is 9.37 Å². The molecule has 2 heterocycles. The van der Waals surface area contributed by atoms with Crippen molar-refractivity contribution in [2.75, 3.05) is 18.0 Å². The van der Waals surface area contributed by atoms with Gasteiger partial charge in [0.05, 0.1) is 5.69 Å². The number of H-pyrrole nitrogens is 1. The topological polar surface area (TPSA) is 78.1 Å². The van der Waals surface area contributed by atoms with Gasteiger partial charge >= 0.3 is 0 Å². The average Bonchev–Trinajstić information content (AvgIpc) is 3.18. The minimum atomic E-state index is -0.270. The number of benzene rings is 1.